The van der Waals surface area contributed by atoms with E-state index in [0.29, 0.717) is 23.6 Å². The number of anilines is 1. The van der Waals surface area contributed by atoms with Gasteiger partial charge in [0.1, 0.15) is 11.8 Å². The zero-order chi connectivity index (χ0) is 20.8. The molecule has 150 valence electrons. The van der Waals surface area contributed by atoms with Crippen molar-refractivity contribution in [1.82, 2.24) is 10.3 Å². The first-order valence-corrected chi connectivity index (χ1v) is 9.68. The first-order chi connectivity index (χ1) is 14.0. The number of benzene rings is 2. The van der Waals surface area contributed by atoms with Gasteiger partial charge in [-0.3, -0.25) is 14.6 Å². The van der Waals surface area contributed by atoms with Crippen LogP contribution >= 0.6 is 0 Å². The summed E-state index contributed by atoms with van der Waals surface area (Å²) in [6.07, 6.45) is 1.61. The molecule has 0 aliphatic carbocycles. The average molecular weight is 391 g/mol. The lowest BCUT2D eigenvalue weighted by atomic mass is 10.0. The van der Waals surface area contributed by atoms with Crippen molar-refractivity contribution in [3.8, 4) is 5.75 Å². The third kappa shape index (κ3) is 4.90. The minimum Gasteiger partial charge on any atom is -0.493 e. The smallest absolute Gasteiger partial charge is 0.255 e. The quantitative estimate of drug-likeness (QED) is 0.637. The minimum absolute atomic E-state index is 0.105. The minimum atomic E-state index is -0.705. The van der Waals surface area contributed by atoms with Crippen molar-refractivity contribution < 1.29 is 14.3 Å². The van der Waals surface area contributed by atoms with E-state index in [4.69, 9.17) is 4.74 Å². The molecule has 2 N–H and O–H groups in total. The van der Waals surface area contributed by atoms with Gasteiger partial charge in [-0.1, -0.05) is 44.2 Å². The van der Waals surface area contributed by atoms with Gasteiger partial charge >= 0.3 is 0 Å². The molecule has 6 heteroatoms. The van der Waals surface area contributed by atoms with E-state index < -0.39 is 6.04 Å². The summed E-state index contributed by atoms with van der Waals surface area (Å²) in [5, 5.41) is 6.63. The molecule has 1 aromatic heterocycles. The van der Waals surface area contributed by atoms with E-state index in [-0.39, 0.29) is 17.7 Å². The molecule has 0 radical (unpaired) electrons. The van der Waals surface area contributed by atoms with E-state index in [2.05, 4.69) is 15.6 Å². The van der Waals surface area contributed by atoms with Crippen LogP contribution in [0.15, 0.2) is 60.8 Å². The normalized spacial score (nSPS) is 11.9. The summed E-state index contributed by atoms with van der Waals surface area (Å²) >= 11 is 0. The zero-order valence-corrected chi connectivity index (χ0v) is 16.8. The highest BCUT2D eigenvalue weighted by Gasteiger charge is 2.26. The number of carbonyl (C=O) groups is 2. The van der Waals surface area contributed by atoms with Crippen molar-refractivity contribution in [2.24, 2.45) is 5.92 Å². The topological polar surface area (TPSA) is 80.3 Å². The lowest BCUT2D eigenvalue weighted by molar-refractivity contribution is -0.118. The Bertz CT molecular complexity index is 1020. The number of hydrogen-bond donors (Lipinski definition) is 2. The summed E-state index contributed by atoms with van der Waals surface area (Å²) < 4.78 is 5.53. The number of hydrogen-bond acceptors (Lipinski definition) is 4. The number of para-hydroxylation sites is 2. The van der Waals surface area contributed by atoms with Gasteiger partial charge in [0.2, 0.25) is 5.91 Å². The molecule has 1 heterocycles. The van der Waals surface area contributed by atoms with Crippen LogP contribution in [0.5, 0.6) is 5.75 Å². The van der Waals surface area contributed by atoms with Crippen LogP contribution in [0.1, 0.15) is 31.1 Å². The van der Waals surface area contributed by atoms with Crippen LogP contribution < -0.4 is 15.4 Å². The van der Waals surface area contributed by atoms with Gasteiger partial charge in [-0.15, -0.1) is 0 Å². The maximum absolute atomic E-state index is 12.9. The summed E-state index contributed by atoms with van der Waals surface area (Å²) in [7, 11) is 0. The maximum atomic E-state index is 12.9. The fraction of sp³-hybridized carbons (Fsp3) is 0.261. The van der Waals surface area contributed by atoms with E-state index in [1.807, 2.05) is 51.1 Å². The molecule has 0 bridgehead atoms. The van der Waals surface area contributed by atoms with Crippen LogP contribution in [0, 0.1) is 5.92 Å². The summed E-state index contributed by atoms with van der Waals surface area (Å²) in [5.74, 6) is -0.250. The molecule has 0 aliphatic heterocycles. The van der Waals surface area contributed by atoms with Crippen molar-refractivity contribution in [3.63, 3.8) is 0 Å². The number of amides is 2. The van der Waals surface area contributed by atoms with Gasteiger partial charge in [0.05, 0.1) is 29.6 Å². The van der Waals surface area contributed by atoms with E-state index in [0.717, 1.165) is 10.9 Å². The molecule has 3 rings (SSSR count). The number of pyridine rings is 1. The monoisotopic (exact) mass is 391 g/mol. The molecule has 3 aromatic rings. The second kappa shape index (κ2) is 9.19. The fourth-order valence-corrected chi connectivity index (χ4v) is 3.05. The largest absolute Gasteiger partial charge is 0.493 e. The molecular formula is C23H25N3O3. The number of ether oxygens (including phenoxy) is 1. The molecule has 0 spiro atoms. The predicted octanol–water partition coefficient (Wildman–Crippen LogP) is 4.03. The molecule has 0 saturated carbocycles. The van der Waals surface area contributed by atoms with Crippen LogP contribution in [0.25, 0.3) is 10.9 Å². The first-order valence-electron chi connectivity index (χ1n) is 9.68. The Balaban J connectivity index is 1.76. The highest BCUT2D eigenvalue weighted by atomic mass is 16.5. The average Bonchev–Trinajstić information content (AvgIpc) is 2.72. The van der Waals surface area contributed by atoms with Gasteiger partial charge < -0.3 is 15.4 Å². The molecular weight excluding hydrogens is 366 g/mol. The van der Waals surface area contributed by atoms with Crippen molar-refractivity contribution in [2.45, 2.75) is 26.8 Å². The summed E-state index contributed by atoms with van der Waals surface area (Å²) in [5.41, 5.74) is 1.84. The number of fused-ring (bicyclic) bond motifs is 1. The molecule has 0 unspecified atom stereocenters. The number of aromatic nitrogens is 1. The molecule has 0 fully saturated rings. The number of nitrogens with zero attached hydrogens (tertiary/aromatic N) is 1. The van der Waals surface area contributed by atoms with Crippen LogP contribution in [0.4, 0.5) is 5.69 Å². The fourth-order valence-electron chi connectivity index (χ4n) is 3.05. The summed E-state index contributed by atoms with van der Waals surface area (Å²) in [6, 6.07) is 15.8. The van der Waals surface area contributed by atoms with Gasteiger partial charge in [0, 0.05) is 5.39 Å². The standard InChI is InChI=1S/C23H25N3O3/c1-4-29-20-12-8-6-10-18(20)22(27)26-21(15(2)3)23(28)25-17-13-16-9-5-7-11-19(16)24-14-17/h5-15,21H,4H2,1-3H3,(H,25,28)(H,26,27)/t21-/m0/s1. The Hall–Kier alpha value is -3.41. The Morgan fingerprint density at radius 1 is 1.07 bits per heavy atom. The SMILES string of the molecule is CCOc1ccccc1C(=O)N[C@H](C(=O)Nc1cnc2ccccc2c1)C(C)C. The van der Waals surface area contributed by atoms with E-state index >= 15 is 0 Å². The molecule has 29 heavy (non-hydrogen) atoms. The Kier molecular flexibility index (Phi) is 6.44. The van der Waals surface area contributed by atoms with Crippen molar-refractivity contribution in [1.29, 1.82) is 0 Å². The van der Waals surface area contributed by atoms with Crippen molar-refractivity contribution >= 4 is 28.4 Å². The van der Waals surface area contributed by atoms with Gasteiger partial charge in [-0.2, -0.15) is 0 Å². The predicted molar refractivity (Wildman–Crippen MR) is 114 cm³/mol. The molecule has 6 nitrogen and oxygen atoms in total. The highest BCUT2D eigenvalue weighted by Crippen LogP contribution is 2.20. The lowest BCUT2D eigenvalue weighted by Gasteiger charge is -2.22. The third-order valence-electron chi connectivity index (χ3n) is 4.53. The van der Waals surface area contributed by atoms with Gasteiger partial charge in [-0.25, -0.2) is 0 Å². The third-order valence-corrected chi connectivity index (χ3v) is 4.53. The highest BCUT2D eigenvalue weighted by molar-refractivity contribution is 6.03. The molecule has 0 saturated heterocycles. The molecule has 2 amide bonds. The Morgan fingerprint density at radius 2 is 1.79 bits per heavy atom. The van der Waals surface area contributed by atoms with Gasteiger partial charge in [0.15, 0.2) is 0 Å². The number of carbonyl (C=O) groups excluding carboxylic acids is 2. The summed E-state index contributed by atoms with van der Waals surface area (Å²) in [4.78, 5) is 30.0. The molecule has 2 aromatic carbocycles. The summed E-state index contributed by atoms with van der Waals surface area (Å²) in [6.45, 7) is 6.08. The van der Waals surface area contributed by atoms with E-state index in [9.17, 15) is 9.59 Å². The van der Waals surface area contributed by atoms with Crippen LogP contribution in [-0.2, 0) is 4.79 Å². The number of nitrogens with one attached hydrogen (secondary N) is 2. The second-order valence-electron chi connectivity index (χ2n) is 7.03. The van der Waals surface area contributed by atoms with Crippen molar-refractivity contribution in [3.05, 3.63) is 66.4 Å². The van der Waals surface area contributed by atoms with Gasteiger partial charge in [-0.05, 0) is 37.1 Å². The Labute approximate surface area is 170 Å². The zero-order valence-electron chi connectivity index (χ0n) is 16.8. The van der Waals surface area contributed by atoms with Gasteiger partial charge in [0.25, 0.3) is 5.91 Å². The number of rotatable bonds is 7. The first kappa shape index (κ1) is 20.3. The molecule has 0 aliphatic rings. The lowest BCUT2D eigenvalue weighted by Crippen LogP contribution is -2.47. The maximum Gasteiger partial charge on any atom is 0.255 e. The van der Waals surface area contributed by atoms with Crippen LogP contribution in [-0.4, -0.2) is 29.4 Å². The van der Waals surface area contributed by atoms with Crippen LogP contribution in [0.3, 0.4) is 0 Å². The van der Waals surface area contributed by atoms with Crippen molar-refractivity contribution in [2.75, 3.05) is 11.9 Å². The molecule has 1 atom stereocenters. The Morgan fingerprint density at radius 3 is 2.55 bits per heavy atom. The second-order valence-corrected chi connectivity index (χ2v) is 7.03. The van der Waals surface area contributed by atoms with E-state index in [1.165, 1.54) is 0 Å². The van der Waals surface area contributed by atoms with Crippen LogP contribution in [0.2, 0.25) is 0 Å². The van der Waals surface area contributed by atoms with E-state index in [1.54, 1.807) is 30.5 Å².